The van der Waals surface area contributed by atoms with E-state index in [1.165, 1.54) is 27.2 Å². The van der Waals surface area contributed by atoms with E-state index >= 15 is 0 Å². The predicted molar refractivity (Wildman–Crippen MR) is 102 cm³/mol. The molecule has 6 nitrogen and oxygen atoms in total. The number of fused-ring (bicyclic) bond motifs is 1. The van der Waals surface area contributed by atoms with Crippen molar-refractivity contribution in [2.24, 2.45) is 14.1 Å². The maximum Gasteiger partial charge on any atom is 0.332 e. The fourth-order valence-corrected chi connectivity index (χ4v) is 4.22. The van der Waals surface area contributed by atoms with E-state index < -0.39 is 0 Å². The largest absolute Gasteiger partial charge is 0.332 e. The summed E-state index contributed by atoms with van der Waals surface area (Å²) in [4.78, 5) is 29.9. The molecule has 0 amide bonds. The van der Waals surface area contributed by atoms with Crippen molar-refractivity contribution in [2.75, 3.05) is 5.75 Å². The second kappa shape index (κ2) is 7.27. The van der Waals surface area contributed by atoms with Crippen LogP contribution in [0.5, 0.6) is 0 Å². The van der Waals surface area contributed by atoms with Gasteiger partial charge < -0.3 is 4.57 Å². The molecule has 0 aliphatic rings. The van der Waals surface area contributed by atoms with Crippen molar-refractivity contribution in [3.05, 3.63) is 55.4 Å². The lowest BCUT2D eigenvalue weighted by Gasteiger charge is -2.09. The molecule has 0 unspecified atom stereocenters. The Morgan fingerprint density at radius 2 is 1.84 bits per heavy atom. The SMILES string of the molecule is Cn1cnc2c1c(=O)n(CCCSc1c(Cl)cccc1Cl)c(=O)n2C. The molecule has 0 radical (unpaired) electrons. The predicted octanol–water partition coefficient (Wildman–Crippen LogP) is 2.92. The van der Waals surface area contributed by atoms with Gasteiger partial charge in [0.05, 0.1) is 16.4 Å². The molecule has 2 heterocycles. The summed E-state index contributed by atoms with van der Waals surface area (Å²) in [5.41, 5.74) is 0.130. The normalized spacial score (nSPS) is 11.4. The van der Waals surface area contributed by atoms with E-state index in [1.807, 2.05) is 0 Å². The number of nitrogens with zero attached hydrogens (tertiary/aromatic N) is 4. The zero-order valence-corrected chi connectivity index (χ0v) is 16.0. The van der Waals surface area contributed by atoms with Crippen LogP contribution in [0.3, 0.4) is 0 Å². The van der Waals surface area contributed by atoms with Gasteiger partial charge in [0.25, 0.3) is 5.56 Å². The maximum absolute atomic E-state index is 12.6. The molecule has 25 heavy (non-hydrogen) atoms. The summed E-state index contributed by atoms with van der Waals surface area (Å²) in [5.74, 6) is 0.683. The molecule has 0 atom stereocenters. The Labute approximate surface area is 158 Å². The smallest absolute Gasteiger partial charge is 0.328 e. The Morgan fingerprint density at radius 3 is 2.52 bits per heavy atom. The summed E-state index contributed by atoms with van der Waals surface area (Å²) in [6, 6.07) is 5.36. The van der Waals surface area contributed by atoms with Crippen LogP contribution < -0.4 is 11.2 Å². The van der Waals surface area contributed by atoms with Gasteiger partial charge in [-0.05, 0) is 24.3 Å². The first-order valence-electron chi connectivity index (χ1n) is 7.59. The van der Waals surface area contributed by atoms with E-state index in [9.17, 15) is 9.59 Å². The standard InChI is InChI=1S/C16H16Cl2N4O2S/c1-20-9-19-14-12(20)15(23)22(16(24)21(14)2)7-4-8-25-13-10(17)5-3-6-11(13)18/h3,5-6,9H,4,7-8H2,1-2H3. The number of imidazole rings is 1. The second-order valence-corrected chi connectivity index (χ2v) is 7.50. The van der Waals surface area contributed by atoms with Gasteiger partial charge in [-0.3, -0.25) is 13.9 Å². The van der Waals surface area contributed by atoms with Crippen LogP contribution in [0, 0.1) is 0 Å². The monoisotopic (exact) mass is 398 g/mol. The Balaban J connectivity index is 1.79. The number of benzene rings is 1. The van der Waals surface area contributed by atoms with Gasteiger partial charge in [-0.25, -0.2) is 9.78 Å². The molecular weight excluding hydrogens is 383 g/mol. The number of hydrogen-bond donors (Lipinski definition) is 0. The molecule has 9 heteroatoms. The summed E-state index contributed by atoms with van der Waals surface area (Å²) in [7, 11) is 3.35. The molecule has 0 aliphatic heterocycles. The topological polar surface area (TPSA) is 61.8 Å². The minimum atomic E-state index is -0.364. The van der Waals surface area contributed by atoms with E-state index in [2.05, 4.69) is 4.98 Å². The van der Waals surface area contributed by atoms with Crippen LogP contribution in [0.25, 0.3) is 11.2 Å². The second-order valence-electron chi connectivity index (χ2n) is 5.58. The Hall–Kier alpha value is -1.70. The van der Waals surface area contributed by atoms with Crippen molar-refractivity contribution in [1.82, 2.24) is 18.7 Å². The lowest BCUT2D eigenvalue weighted by Crippen LogP contribution is -2.39. The highest BCUT2D eigenvalue weighted by Crippen LogP contribution is 2.34. The molecule has 0 N–H and O–H groups in total. The fraction of sp³-hybridized carbons (Fsp3) is 0.312. The first-order valence-corrected chi connectivity index (χ1v) is 9.33. The van der Waals surface area contributed by atoms with Crippen molar-refractivity contribution in [1.29, 1.82) is 0 Å². The number of aryl methyl sites for hydroxylation is 2. The molecule has 0 spiro atoms. The maximum atomic E-state index is 12.6. The fourth-order valence-electron chi connectivity index (χ4n) is 2.61. The number of hydrogen-bond acceptors (Lipinski definition) is 4. The molecule has 0 saturated heterocycles. The lowest BCUT2D eigenvalue weighted by molar-refractivity contribution is 0.594. The van der Waals surface area contributed by atoms with E-state index in [0.717, 1.165) is 4.90 Å². The molecular formula is C16H16Cl2N4O2S. The summed E-state index contributed by atoms with van der Waals surface area (Å²) >= 11 is 13.8. The van der Waals surface area contributed by atoms with Crippen molar-refractivity contribution >= 4 is 46.1 Å². The summed E-state index contributed by atoms with van der Waals surface area (Å²) in [6.07, 6.45) is 2.16. The van der Waals surface area contributed by atoms with Crippen LogP contribution >= 0.6 is 35.0 Å². The summed E-state index contributed by atoms with van der Waals surface area (Å²) in [6.45, 7) is 0.321. The van der Waals surface area contributed by atoms with E-state index in [0.29, 0.717) is 39.9 Å². The van der Waals surface area contributed by atoms with Crippen molar-refractivity contribution in [3.63, 3.8) is 0 Å². The van der Waals surface area contributed by atoms with Crippen LogP contribution in [0.2, 0.25) is 10.0 Å². The van der Waals surface area contributed by atoms with Gasteiger partial charge in [0.2, 0.25) is 0 Å². The average molecular weight is 399 g/mol. The highest BCUT2D eigenvalue weighted by Gasteiger charge is 2.14. The summed E-state index contributed by atoms with van der Waals surface area (Å²) < 4.78 is 4.28. The van der Waals surface area contributed by atoms with Gasteiger partial charge in [0, 0.05) is 25.5 Å². The molecule has 132 valence electrons. The number of aromatic nitrogens is 4. The molecule has 3 aromatic rings. The van der Waals surface area contributed by atoms with Gasteiger partial charge >= 0.3 is 5.69 Å². The van der Waals surface area contributed by atoms with Crippen LogP contribution in [-0.2, 0) is 20.6 Å². The van der Waals surface area contributed by atoms with Crippen molar-refractivity contribution in [3.8, 4) is 0 Å². The molecule has 0 fully saturated rings. The first kappa shape index (κ1) is 18.1. The third-order valence-corrected chi connectivity index (χ3v) is 5.97. The minimum absolute atomic E-state index is 0.320. The van der Waals surface area contributed by atoms with Crippen LogP contribution in [0.1, 0.15) is 6.42 Å². The molecule has 0 aliphatic carbocycles. The van der Waals surface area contributed by atoms with Crippen LogP contribution in [0.15, 0.2) is 39.0 Å². The first-order chi connectivity index (χ1) is 11.9. The van der Waals surface area contributed by atoms with Crippen molar-refractivity contribution < 1.29 is 0 Å². The van der Waals surface area contributed by atoms with Crippen LogP contribution in [0.4, 0.5) is 0 Å². The van der Waals surface area contributed by atoms with Gasteiger partial charge in [-0.2, -0.15) is 0 Å². The minimum Gasteiger partial charge on any atom is -0.328 e. The van der Waals surface area contributed by atoms with Crippen molar-refractivity contribution in [2.45, 2.75) is 17.9 Å². The third kappa shape index (κ3) is 3.36. The highest BCUT2D eigenvalue weighted by atomic mass is 35.5. The quantitative estimate of drug-likeness (QED) is 0.489. The number of thioether (sulfide) groups is 1. The summed E-state index contributed by atoms with van der Waals surface area (Å²) in [5, 5.41) is 1.20. The molecule has 0 saturated carbocycles. The van der Waals surface area contributed by atoms with E-state index in [1.54, 1.807) is 36.9 Å². The third-order valence-electron chi connectivity index (χ3n) is 3.89. The Morgan fingerprint density at radius 1 is 1.16 bits per heavy atom. The average Bonchev–Trinajstić information content (AvgIpc) is 2.96. The molecule has 3 rings (SSSR count). The molecule has 2 aromatic heterocycles. The lowest BCUT2D eigenvalue weighted by atomic mass is 10.4. The molecule has 0 bridgehead atoms. The number of rotatable bonds is 5. The van der Waals surface area contributed by atoms with Gasteiger partial charge in [0.1, 0.15) is 0 Å². The Bertz CT molecular complexity index is 1030. The number of halogens is 2. The van der Waals surface area contributed by atoms with E-state index in [-0.39, 0.29) is 11.2 Å². The molecule has 1 aromatic carbocycles. The van der Waals surface area contributed by atoms with Crippen LogP contribution in [-0.4, -0.2) is 24.4 Å². The van der Waals surface area contributed by atoms with Gasteiger partial charge in [0.15, 0.2) is 11.2 Å². The van der Waals surface area contributed by atoms with Gasteiger partial charge in [-0.1, -0.05) is 29.3 Å². The van der Waals surface area contributed by atoms with Gasteiger partial charge in [-0.15, -0.1) is 11.8 Å². The highest BCUT2D eigenvalue weighted by molar-refractivity contribution is 7.99. The van der Waals surface area contributed by atoms with E-state index in [4.69, 9.17) is 23.2 Å². The zero-order valence-electron chi connectivity index (χ0n) is 13.7. The zero-order chi connectivity index (χ0) is 18.1. The Kier molecular flexibility index (Phi) is 5.27.